The first kappa shape index (κ1) is 16.7. The summed E-state index contributed by atoms with van der Waals surface area (Å²) in [6.07, 6.45) is 1.53. The maximum Gasteiger partial charge on any atom is 0.223 e. The minimum Gasteiger partial charge on any atom is -0.340 e. The molecule has 1 saturated heterocycles. The first-order chi connectivity index (χ1) is 10.4. The highest BCUT2D eigenvalue weighted by molar-refractivity contribution is 5.99. The van der Waals surface area contributed by atoms with Gasteiger partial charge in [-0.3, -0.25) is 9.59 Å². The summed E-state index contributed by atoms with van der Waals surface area (Å²) in [7, 11) is 0. The molecule has 0 saturated carbocycles. The maximum absolute atomic E-state index is 12.3. The lowest BCUT2D eigenvalue weighted by Crippen LogP contribution is -2.34. The lowest BCUT2D eigenvalue weighted by Gasteiger charge is -2.21. The number of likely N-dealkylation sites (tertiary alicyclic amines) is 1. The predicted molar refractivity (Wildman–Crippen MR) is 87.8 cm³/mol. The molecule has 0 bridgehead atoms. The van der Waals surface area contributed by atoms with E-state index in [9.17, 15) is 9.59 Å². The number of Topliss-reactive ketones (excluding diaryl/α,β-unsaturated/α-hetero) is 1. The topological polar surface area (TPSA) is 63.4 Å². The second-order valence-corrected chi connectivity index (χ2v) is 6.47. The summed E-state index contributed by atoms with van der Waals surface area (Å²) in [5, 5.41) is 0. The van der Waals surface area contributed by atoms with Crippen molar-refractivity contribution < 1.29 is 9.59 Å². The highest BCUT2D eigenvalue weighted by Gasteiger charge is 2.31. The highest BCUT2D eigenvalue weighted by atomic mass is 16.2. The zero-order valence-corrected chi connectivity index (χ0v) is 13.8. The normalized spacial score (nSPS) is 21.2. The second-order valence-electron chi connectivity index (χ2n) is 6.47. The Kier molecular flexibility index (Phi) is 5.35. The molecule has 1 aliphatic rings. The molecule has 0 spiro atoms. The molecule has 2 rings (SSSR count). The van der Waals surface area contributed by atoms with Crippen LogP contribution in [0, 0.1) is 19.8 Å². The number of hydrogen-bond donors (Lipinski definition) is 1. The molecule has 2 atom stereocenters. The number of rotatable bonds is 5. The van der Waals surface area contributed by atoms with E-state index < -0.39 is 0 Å². The number of benzene rings is 1. The second kappa shape index (κ2) is 7.05. The van der Waals surface area contributed by atoms with Gasteiger partial charge in [-0.25, -0.2) is 0 Å². The SMILES string of the molecule is Cc1ccc(C)c(C(=O)CCC(=O)N2CC(CN)CC2C)c1. The van der Waals surface area contributed by atoms with Crippen LogP contribution >= 0.6 is 0 Å². The summed E-state index contributed by atoms with van der Waals surface area (Å²) in [5.41, 5.74) is 8.48. The van der Waals surface area contributed by atoms with Gasteiger partial charge >= 0.3 is 0 Å². The van der Waals surface area contributed by atoms with Crippen LogP contribution in [0.1, 0.15) is 47.7 Å². The van der Waals surface area contributed by atoms with Crippen molar-refractivity contribution in [3.8, 4) is 0 Å². The summed E-state index contributed by atoms with van der Waals surface area (Å²) in [6.45, 7) is 7.31. The van der Waals surface area contributed by atoms with E-state index in [0.29, 0.717) is 12.5 Å². The predicted octanol–water partition coefficient (Wildman–Crippen LogP) is 2.46. The Balaban J connectivity index is 1.94. The number of hydrogen-bond acceptors (Lipinski definition) is 3. The molecular formula is C18H26N2O2. The fourth-order valence-electron chi connectivity index (χ4n) is 3.20. The summed E-state index contributed by atoms with van der Waals surface area (Å²) >= 11 is 0. The van der Waals surface area contributed by atoms with Gasteiger partial charge in [-0.15, -0.1) is 0 Å². The minimum absolute atomic E-state index is 0.0526. The molecule has 2 N–H and O–H groups in total. The molecule has 1 fully saturated rings. The molecule has 1 amide bonds. The summed E-state index contributed by atoms with van der Waals surface area (Å²) in [5.74, 6) is 0.521. The Morgan fingerprint density at radius 1 is 1.27 bits per heavy atom. The third kappa shape index (κ3) is 3.74. The number of nitrogens with zero attached hydrogens (tertiary/aromatic N) is 1. The molecule has 1 aromatic rings. The van der Waals surface area contributed by atoms with Crippen LogP contribution in [0.25, 0.3) is 0 Å². The molecule has 22 heavy (non-hydrogen) atoms. The van der Waals surface area contributed by atoms with Gasteiger partial charge < -0.3 is 10.6 Å². The van der Waals surface area contributed by atoms with E-state index in [4.69, 9.17) is 5.73 Å². The van der Waals surface area contributed by atoms with Crippen molar-refractivity contribution in [1.29, 1.82) is 0 Å². The van der Waals surface area contributed by atoms with Gasteiger partial charge in [0.25, 0.3) is 0 Å². The molecule has 4 heteroatoms. The minimum atomic E-state index is 0.0526. The highest BCUT2D eigenvalue weighted by Crippen LogP contribution is 2.23. The van der Waals surface area contributed by atoms with Crippen LogP contribution in [0.5, 0.6) is 0 Å². The average Bonchev–Trinajstić information content (AvgIpc) is 2.88. The van der Waals surface area contributed by atoms with E-state index >= 15 is 0 Å². The number of aryl methyl sites for hydroxylation is 2. The van der Waals surface area contributed by atoms with Gasteiger partial charge in [-0.2, -0.15) is 0 Å². The fourth-order valence-corrected chi connectivity index (χ4v) is 3.20. The number of carbonyl (C=O) groups excluding carboxylic acids is 2. The fraction of sp³-hybridized carbons (Fsp3) is 0.556. The smallest absolute Gasteiger partial charge is 0.223 e. The van der Waals surface area contributed by atoms with Crippen LogP contribution in [-0.2, 0) is 4.79 Å². The Bertz CT molecular complexity index is 568. The van der Waals surface area contributed by atoms with Crippen LogP contribution in [-0.4, -0.2) is 35.7 Å². The number of amides is 1. The monoisotopic (exact) mass is 302 g/mol. The van der Waals surface area contributed by atoms with Crippen molar-refractivity contribution in [3.63, 3.8) is 0 Å². The quantitative estimate of drug-likeness (QED) is 0.850. The molecule has 2 unspecified atom stereocenters. The molecule has 0 aliphatic carbocycles. The van der Waals surface area contributed by atoms with E-state index in [2.05, 4.69) is 6.92 Å². The summed E-state index contributed by atoms with van der Waals surface area (Å²) in [6, 6.07) is 6.09. The van der Waals surface area contributed by atoms with Crippen LogP contribution in [0.3, 0.4) is 0 Å². The van der Waals surface area contributed by atoms with Crippen molar-refractivity contribution in [2.75, 3.05) is 13.1 Å². The van der Waals surface area contributed by atoms with Crippen LogP contribution in [0.4, 0.5) is 0 Å². The number of nitrogens with two attached hydrogens (primary N) is 1. The van der Waals surface area contributed by atoms with E-state index in [1.54, 1.807) is 0 Å². The van der Waals surface area contributed by atoms with E-state index in [0.717, 1.165) is 29.7 Å². The van der Waals surface area contributed by atoms with Crippen LogP contribution in [0.2, 0.25) is 0 Å². The Morgan fingerprint density at radius 3 is 2.64 bits per heavy atom. The molecule has 120 valence electrons. The van der Waals surface area contributed by atoms with Crippen LogP contribution in [0.15, 0.2) is 18.2 Å². The van der Waals surface area contributed by atoms with Crippen molar-refractivity contribution in [2.45, 2.75) is 46.1 Å². The van der Waals surface area contributed by atoms with Gasteiger partial charge in [0.2, 0.25) is 5.91 Å². The van der Waals surface area contributed by atoms with Crippen molar-refractivity contribution in [2.24, 2.45) is 11.7 Å². The van der Waals surface area contributed by atoms with Gasteiger partial charge in [0.15, 0.2) is 5.78 Å². The lowest BCUT2D eigenvalue weighted by molar-refractivity contribution is -0.131. The summed E-state index contributed by atoms with van der Waals surface area (Å²) in [4.78, 5) is 26.6. The molecule has 0 radical (unpaired) electrons. The number of carbonyl (C=O) groups is 2. The zero-order valence-electron chi connectivity index (χ0n) is 13.8. The zero-order chi connectivity index (χ0) is 16.3. The Morgan fingerprint density at radius 2 is 2.00 bits per heavy atom. The Labute approximate surface area is 132 Å². The molecular weight excluding hydrogens is 276 g/mol. The standard InChI is InChI=1S/C18H26N2O2/c1-12-4-5-13(2)16(8-12)17(21)6-7-18(22)20-11-15(10-19)9-14(20)3/h4-5,8,14-15H,6-7,9-11,19H2,1-3H3. The Hall–Kier alpha value is -1.68. The molecule has 1 heterocycles. The first-order valence-electron chi connectivity index (χ1n) is 8.02. The third-order valence-electron chi connectivity index (χ3n) is 4.57. The van der Waals surface area contributed by atoms with Gasteiger partial charge in [0.05, 0.1) is 0 Å². The molecule has 1 aliphatic heterocycles. The molecule has 0 aromatic heterocycles. The van der Waals surface area contributed by atoms with E-state index in [1.807, 2.05) is 36.9 Å². The maximum atomic E-state index is 12.3. The molecule has 4 nitrogen and oxygen atoms in total. The third-order valence-corrected chi connectivity index (χ3v) is 4.57. The van der Waals surface area contributed by atoms with Crippen molar-refractivity contribution in [1.82, 2.24) is 4.90 Å². The largest absolute Gasteiger partial charge is 0.340 e. The van der Waals surface area contributed by atoms with Crippen LogP contribution < -0.4 is 5.73 Å². The van der Waals surface area contributed by atoms with E-state index in [1.165, 1.54) is 0 Å². The number of ketones is 1. The van der Waals surface area contributed by atoms with Gasteiger partial charge in [-0.1, -0.05) is 17.7 Å². The van der Waals surface area contributed by atoms with Crippen molar-refractivity contribution in [3.05, 3.63) is 34.9 Å². The van der Waals surface area contributed by atoms with E-state index in [-0.39, 0.29) is 30.6 Å². The molecule has 1 aromatic carbocycles. The van der Waals surface area contributed by atoms with Gasteiger partial charge in [0.1, 0.15) is 0 Å². The van der Waals surface area contributed by atoms with Gasteiger partial charge in [-0.05, 0) is 51.3 Å². The van der Waals surface area contributed by atoms with Gasteiger partial charge in [0, 0.05) is 31.0 Å². The average molecular weight is 302 g/mol. The van der Waals surface area contributed by atoms with Crippen molar-refractivity contribution >= 4 is 11.7 Å². The lowest BCUT2D eigenvalue weighted by atomic mass is 9.99. The first-order valence-corrected chi connectivity index (χ1v) is 8.02. The summed E-state index contributed by atoms with van der Waals surface area (Å²) < 4.78 is 0.